The van der Waals surface area contributed by atoms with Crippen LogP contribution in [0.1, 0.15) is 37.0 Å². The maximum absolute atomic E-state index is 12.6. The van der Waals surface area contributed by atoms with Gasteiger partial charge >= 0.3 is 0 Å². The fourth-order valence-electron chi connectivity index (χ4n) is 2.85. The number of carbonyl (C=O) groups excluding carboxylic acids is 2. The number of likely N-dealkylation sites (tertiary alicyclic amines) is 1. The van der Waals surface area contributed by atoms with E-state index >= 15 is 0 Å². The number of ketones is 1. The number of ether oxygens (including phenoxy) is 1. The molecule has 1 saturated heterocycles. The summed E-state index contributed by atoms with van der Waals surface area (Å²) in [7, 11) is 1.90. The molecule has 1 aromatic rings. The lowest BCUT2D eigenvalue weighted by Gasteiger charge is -2.27. The van der Waals surface area contributed by atoms with Crippen molar-refractivity contribution in [3.05, 3.63) is 29.8 Å². The molecule has 22 heavy (non-hydrogen) atoms. The van der Waals surface area contributed by atoms with E-state index in [0.717, 1.165) is 25.9 Å². The molecule has 1 heterocycles. The number of rotatable bonds is 6. The highest BCUT2D eigenvalue weighted by atomic mass is 16.5. The minimum atomic E-state index is -0.556. The molecule has 1 N–H and O–H groups in total. The van der Waals surface area contributed by atoms with Crippen LogP contribution in [0.5, 0.6) is 5.75 Å². The van der Waals surface area contributed by atoms with Gasteiger partial charge in [-0.15, -0.1) is 0 Å². The summed E-state index contributed by atoms with van der Waals surface area (Å²) in [6.45, 7) is 4.86. The van der Waals surface area contributed by atoms with Crippen LogP contribution in [0.25, 0.3) is 0 Å². The highest BCUT2D eigenvalue weighted by Gasteiger charge is 2.31. The number of Topliss-reactive ketones (excluding diaryl/α,β-unsaturated/α-hetero) is 1. The van der Waals surface area contributed by atoms with Gasteiger partial charge in [0.2, 0.25) is 0 Å². The minimum Gasteiger partial charge on any atom is -0.481 e. The zero-order valence-electron chi connectivity index (χ0n) is 13.5. The smallest absolute Gasteiger partial charge is 0.263 e. The standard InChI is InChI=1S/C17H24N2O3/c1-12(20)14-6-4-8-16(10-14)22-13(2)17(21)19-9-5-7-15(19)11-18-3/h4,6,8,10,13,15,18H,5,7,9,11H2,1-3H3. The number of nitrogens with zero attached hydrogens (tertiary/aromatic N) is 1. The van der Waals surface area contributed by atoms with Crippen LogP contribution in [0.15, 0.2) is 24.3 Å². The average molecular weight is 304 g/mol. The third-order valence-electron chi connectivity index (χ3n) is 4.00. The van der Waals surface area contributed by atoms with Crippen molar-refractivity contribution >= 4 is 11.7 Å². The van der Waals surface area contributed by atoms with E-state index in [-0.39, 0.29) is 17.7 Å². The van der Waals surface area contributed by atoms with E-state index in [1.54, 1.807) is 31.2 Å². The topological polar surface area (TPSA) is 58.6 Å². The van der Waals surface area contributed by atoms with Gasteiger partial charge in [0.25, 0.3) is 5.91 Å². The number of nitrogens with one attached hydrogen (secondary N) is 1. The Kier molecular flexibility index (Phi) is 5.55. The van der Waals surface area contributed by atoms with Crippen LogP contribution in [0.3, 0.4) is 0 Å². The van der Waals surface area contributed by atoms with Gasteiger partial charge in [-0.05, 0) is 45.9 Å². The second-order valence-corrected chi connectivity index (χ2v) is 5.73. The van der Waals surface area contributed by atoms with Crippen LogP contribution >= 0.6 is 0 Å². The lowest BCUT2D eigenvalue weighted by molar-refractivity contribution is -0.138. The highest BCUT2D eigenvalue weighted by molar-refractivity contribution is 5.94. The molecule has 1 fully saturated rings. The predicted octanol–water partition coefficient (Wildman–Crippen LogP) is 1.87. The SMILES string of the molecule is CNCC1CCCN1C(=O)C(C)Oc1cccc(C(C)=O)c1. The Morgan fingerprint density at radius 3 is 2.91 bits per heavy atom. The summed E-state index contributed by atoms with van der Waals surface area (Å²) in [4.78, 5) is 25.9. The van der Waals surface area contributed by atoms with Crippen LogP contribution in [-0.4, -0.2) is 48.9 Å². The summed E-state index contributed by atoms with van der Waals surface area (Å²) >= 11 is 0. The summed E-state index contributed by atoms with van der Waals surface area (Å²) in [6, 6.07) is 7.20. The van der Waals surface area contributed by atoms with Gasteiger partial charge in [0.05, 0.1) is 0 Å². The molecule has 5 heteroatoms. The van der Waals surface area contributed by atoms with Crippen LogP contribution in [-0.2, 0) is 4.79 Å². The molecule has 120 valence electrons. The van der Waals surface area contributed by atoms with Crippen molar-refractivity contribution in [2.24, 2.45) is 0 Å². The Morgan fingerprint density at radius 1 is 1.45 bits per heavy atom. The fraction of sp³-hybridized carbons (Fsp3) is 0.529. The molecular weight excluding hydrogens is 280 g/mol. The molecule has 5 nitrogen and oxygen atoms in total. The molecule has 2 atom stereocenters. The normalized spacial score (nSPS) is 19.0. The molecule has 2 rings (SSSR count). The quantitative estimate of drug-likeness (QED) is 0.815. The van der Waals surface area contributed by atoms with Crippen LogP contribution in [0.2, 0.25) is 0 Å². The Balaban J connectivity index is 2.02. The van der Waals surface area contributed by atoms with E-state index in [2.05, 4.69) is 5.32 Å². The maximum Gasteiger partial charge on any atom is 0.263 e. The van der Waals surface area contributed by atoms with Gasteiger partial charge in [0.15, 0.2) is 11.9 Å². The summed E-state index contributed by atoms with van der Waals surface area (Å²) in [5.41, 5.74) is 0.589. The predicted molar refractivity (Wildman–Crippen MR) is 85.2 cm³/mol. The van der Waals surface area contributed by atoms with Gasteiger partial charge in [-0.1, -0.05) is 12.1 Å². The molecular formula is C17H24N2O3. The summed E-state index contributed by atoms with van der Waals surface area (Å²) < 4.78 is 5.74. The van der Waals surface area contributed by atoms with E-state index in [0.29, 0.717) is 11.3 Å². The molecule has 1 aliphatic rings. The second kappa shape index (κ2) is 7.40. The number of amides is 1. The van der Waals surface area contributed by atoms with Crippen molar-refractivity contribution in [1.29, 1.82) is 0 Å². The van der Waals surface area contributed by atoms with Crippen LogP contribution in [0.4, 0.5) is 0 Å². The lowest BCUT2D eigenvalue weighted by atomic mass is 10.1. The Bertz CT molecular complexity index is 544. The van der Waals surface area contributed by atoms with Crippen molar-refractivity contribution in [3.63, 3.8) is 0 Å². The third kappa shape index (κ3) is 3.85. The molecule has 0 spiro atoms. The molecule has 0 saturated carbocycles. The van der Waals surface area contributed by atoms with Crippen molar-refractivity contribution in [2.45, 2.75) is 38.8 Å². The second-order valence-electron chi connectivity index (χ2n) is 5.73. The van der Waals surface area contributed by atoms with Gasteiger partial charge in [-0.3, -0.25) is 9.59 Å². The van der Waals surface area contributed by atoms with Crippen LogP contribution < -0.4 is 10.1 Å². The molecule has 1 aromatic carbocycles. The Labute approximate surface area is 131 Å². The maximum atomic E-state index is 12.6. The third-order valence-corrected chi connectivity index (χ3v) is 4.00. The van der Waals surface area contributed by atoms with Crippen molar-refractivity contribution in [2.75, 3.05) is 20.1 Å². The van der Waals surface area contributed by atoms with Crippen molar-refractivity contribution in [1.82, 2.24) is 10.2 Å². The largest absolute Gasteiger partial charge is 0.481 e. The van der Waals surface area contributed by atoms with Gasteiger partial charge in [0.1, 0.15) is 5.75 Å². The van der Waals surface area contributed by atoms with Gasteiger partial charge in [0, 0.05) is 24.7 Å². The lowest BCUT2D eigenvalue weighted by Crippen LogP contribution is -2.46. The summed E-state index contributed by atoms with van der Waals surface area (Å²) in [5.74, 6) is 0.543. The van der Waals surface area contributed by atoms with E-state index in [4.69, 9.17) is 4.74 Å². The zero-order valence-corrected chi connectivity index (χ0v) is 13.5. The molecule has 0 aliphatic carbocycles. The van der Waals surface area contributed by atoms with Gasteiger partial charge < -0.3 is 15.0 Å². The molecule has 2 unspecified atom stereocenters. The fourth-order valence-corrected chi connectivity index (χ4v) is 2.85. The van der Waals surface area contributed by atoms with E-state index < -0.39 is 6.10 Å². The molecule has 0 aromatic heterocycles. The van der Waals surface area contributed by atoms with Crippen molar-refractivity contribution < 1.29 is 14.3 Å². The van der Waals surface area contributed by atoms with E-state index in [1.165, 1.54) is 6.92 Å². The first-order valence-electron chi connectivity index (χ1n) is 7.75. The average Bonchev–Trinajstić information content (AvgIpc) is 2.95. The first-order chi connectivity index (χ1) is 10.5. The van der Waals surface area contributed by atoms with E-state index in [9.17, 15) is 9.59 Å². The van der Waals surface area contributed by atoms with Gasteiger partial charge in [-0.25, -0.2) is 0 Å². The number of hydrogen-bond acceptors (Lipinski definition) is 4. The molecule has 1 amide bonds. The Morgan fingerprint density at radius 2 is 2.23 bits per heavy atom. The Hall–Kier alpha value is -1.88. The summed E-state index contributed by atoms with van der Waals surface area (Å²) in [5, 5.41) is 3.13. The van der Waals surface area contributed by atoms with E-state index in [1.807, 2.05) is 11.9 Å². The zero-order chi connectivity index (χ0) is 16.1. The van der Waals surface area contributed by atoms with Crippen molar-refractivity contribution in [3.8, 4) is 5.75 Å². The highest BCUT2D eigenvalue weighted by Crippen LogP contribution is 2.20. The number of carbonyl (C=O) groups is 2. The monoisotopic (exact) mass is 304 g/mol. The first kappa shape index (κ1) is 16.5. The molecule has 1 aliphatic heterocycles. The first-order valence-corrected chi connectivity index (χ1v) is 7.75. The molecule has 0 radical (unpaired) electrons. The number of hydrogen-bond donors (Lipinski definition) is 1. The number of likely N-dealkylation sites (N-methyl/N-ethyl adjacent to an activating group) is 1. The number of benzene rings is 1. The summed E-state index contributed by atoms with van der Waals surface area (Å²) in [6.07, 6.45) is 1.50. The van der Waals surface area contributed by atoms with Gasteiger partial charge in [-0.2, -0.15) is 0 Å². The minimum absolute atomic E-state index is 0.00554. The van der Waals surface area contributed by atoms with Crippen LogP contribution in [0, 0.1) is 0 Å². The molecule has 0 bridgehead atoms.